The van der Waals surface area contributed by atoms with Crippen LogP contribution in [0, 0.1) is 6.92 Å². The fourth-order valence-corrected chi connectivity index (χ4v) is 3.66. The molecule has 22 heavy (non-hydrogen) atoms. The average Bonchev–Trinajstić information content (AvgIpc) is 2.43. The molecule has 2 rings (SSSR count). The number of anilines is 1. The molecule has 0 fully saturated rings. The summed E-state index contributed by atoms with van der Waals surface area (Å²) in [6, 6.07) is 9.57. The number of halogens is 3. The Hall–Kier alpha value is -0.890. The lowest BCUT2D eigenvalue weighted by molar-refractivity contribution is 0.678. The van der Waals surface area contributed by atoms with E-state index < -0.39 is 0 Å². The van der Waals surface area contributed by atoms with Gasteiger partial charge in [0.15, 0.2) is 0 Å². The minimum Gasteiger partial charge on any atom is -0.398 e. The largest absolute Gasteiger partial charge is 0.398 e. The predicted molar refractivity (Wildman–Crippen MR) is 98.3 cm³/mol. The Morgan fingerprint density at radius 1 is 0.864 bits per heavy atom. The number of hydrogen-bond donors (Lipinski definition) is 1. The van der Waals surface area contributed by atoms with Crippen molar-refractivity contribution in [1.29, 1.82) is 0 Å². The fraction of sp³-hybridized carbons (Fsp3) is 0.333. The first kappa shape index (κ1) is 17.5. The monoisotopic (exact) mass is 355 g/mol. The highest BCUT2D eigenvalue weighted by Gasteiger charge is 2.08. The molecule has 0 aliphatic heterocycles. The summed E-state index contributed by atoms with van der Waals surface area (Å²) in [5.74, 6) is 0. The highest BCUT2D eigenvalue weighted by Crippen LogP contribution is 2.30. The molecule has 2 aromatic carbocycles. The Morgan fingerprint density at radius 2 is 1.45 bits per heavy atom. The third kappa shape index (κ3) is 4.55. The molecule has 0 radical (unpaired) electrons. The van der Waals surface area contributed by atoms with E-state index in [1.165, 1.54) is 11.1 Å². The lowest BCUT2D eigenvalue weighted by Gasteiger charge is -2.10. The lowest BCUT2D eigenvalue weighted by Crippen LogP contribution is -1.98. The molecule has 0 amide bonds. The minimum absolute atomic E-state index is 0.578. The molecule has 4 heteroatoms. The van der Waals surface area contributed by atoms with Crippen molar-refractivity contribution >= 4 is 40.5 Å². The molecule has 0 saturated heterocycles. The maximum atomic E-state index is 6.20. The first-order valence-electron chi connectivity index (χ1n) is 7.46. The van der Waals surface area contributed by atoms with Gasteiger partial charge in [-0.2, -0.15) is 0 Å². The van der Waals surface area contributed by atoms with Gasteiger partial charge < -0.3 is 5.73 Å². The van der Waals surface area contributed by atoms with Crippen LogP contribution in [0.2, 0.25) is 15.1 Å². The molecule has 2 N–H and O–H groups in total. The Bertz CT molecular complexity index is 610. The van der Waals surface area contributed by atoms with E-state index in [2.05, 4.69) is 13.0 Å². The van der Waals surface area contributed by atoms with Crippen molar-refractivity contribution in [2.24, 2.45) is 0 Å². The molecule has 0 spiro atoms. The van der Waals surface area contributed by atoms with Crippen molar-refractivity contribution < 1.29 is 0 Å². The third-order valence-corrected chi connectivity index (χ3v) is 4.80. The zero-order valence-corrected chi connectivity index (χ0v) is 14.9. The molecular formula is C18H20Cl3N. The van der Waals surface area contributed by atoms with E-state index in [4.69, 9.17) is 40.5 Å². The number of aryl methyl sites for hydroxylation is 1. The molecule has 1 nitrogen and oxygen atoms in total. The highest BCUT2D eigenvalue weighted by molar-refractivity contribution is 6.39. The summed E-state index contributed by atoms with van der Waals surface area (Å²) >= 11 is 18.3. The summed E-state index contributed by atoms with van der Waals surface area (Å²) in [7, 11) is 0. The SMILES string of the molecule is Cc1cccc(N)c1CCCCCc1c(Cl)cc(Cl)cc1Cl. The maximum Gasteiger partial charge on any atom is 0.0467 e. The van der Waals surface area contributed by atoms with Crippen molar-refractivity contribution in [2.75, 3.05) is 5.73 Å². The Morgan fingerprint density at radius 3 is 2.05 bits per heavy atom. The standard InChI is InChI=1S/C18H20Cl3N/c1-12-6-5-9-18(22)14(12)7-3-2-4-8-15-16(20)10-13(19)11-17(15)21/h5-6,9-11H,2-4,7-8,22H2,1H3. The Kier molecular flexibility index (Phi) is 6.43. The number of benzene rings is 2. The molecule has 0 aliphatic rings. The van der Waals surface area contributed by atoms with Crippen LogP contribution in [0.4, 0.5) is 5.69 Å². The molecule has 0 heterocycles. The van der Waals surface area contributed by atoms with Gasteiger partial charge in [0, 0.05) is 20.8 Å². The van der Waals surface area contributed by atoms with Crippen LogP contribution in [0.25, 0.3) is 0 Å². The second-order valence-electron chi connectivity index (χ2n) is 5.55. The summed E-state index contributed by atoms with van der Waals surface area (Å²) in [5, 5.41) is 1.88. The first-order valence-corrected chi connectivity index (χ1v) is 8.60. The van der Waals surface area contributed by atoms with Gasteiger partial charge in [0.2, 0.25) is 0 Å². The Labute approximate surface area is 147 Å². The molecule has 0 aromatic heterocycles. The van der Waals surface area contributed by atoms with Crippen LogP contribution in [-0.2, 0) is 12.8 Å². The summed E-state index contributed by atoms with van der Waals surface area (Å²) in [6.45, 7) is 2.11. The van der Waals surface area contributed by atoms with Gasteiger partial charge in [-0.3, -0.25) is 0 Å². The zero-order valence-electron chi connectivity index (χ0n) is 12.6. The quantitative estimate of drug-likeness (QED) is 0.464. The van der Waals surface area contributed by atoms with Gasteiger partial charge in [-0.1, -0.05) is 53.4 Å². The smallest absolute Gasteiger partial charge is 0.0467 e. The fourth-order valence-electron chi connectivity index (χ4n) is 2.66. The molecular weight excluding hydrogens is 337 g/mol. The summed E-state index contributed by atoms with van der Waals surface area (Å²) < 4.78 is 0. The second-order valence-corrected chi connectivity index (χ2v) is 6.80. The predicted octanol–water partition coefficient (Wildman–Crippen LogP) is 6.49. The van der Waals surface area contributed by atoms with E-state index in [9.17, 15) is 0 Å². The van der Waals surface area contributed by atoms with Crippen molar-refractivity contribution in [1.82, 2.24) is 0 Å². The maximum absolute atomic E-state index is 6.20. The van der Waals surface area contributed by atoms with Gasteiger partial charge in [0.05, 0.1) is 0 Å². The van der Waals surface area contributed by atoms with Gasteiger partial charge in [-0.15, -0.1) is 0 Å². The molecule has 0 bridgehead atoms. The Balaban J connectivity index is 1.83. The van der Waals surface area contributed by atoms with Crippen LogP contribution in [0.5, 0.6) is 0 Å². The van der Waals surface area contributed by atoms with E-state index in [-0.39, 0.29) is 0 Å². The van der Waals surface area contributed by atoms with E-state index in [1.807, 2.05) is 12.1 Å². The molecule has 2 aromatic rings. The lowest BCUT2D eigenvalue weighted by atomic mass is 9.99. The highest BCUT2D eigenvalue weighted by atomic mass is 35.5. The van der Waals surface area contributed by atoms with Gasteiger partial charge in [-0.25, -0.2) is 0 Å². The molecule has 118 valence electrons. The number of unbranched alkanes of at least 4 members (excludes halogenated alkanes) is 2. The summed E-state index contributed by atoms with van der Waals surface area (Å²) in [4.78, 5) is 0. The summed E-state index contributed by atoms with van der Waals surface area (Å²) in [5.41, 5.74) is 10.5. The second kappa shape index (κ2) is 8.10. The zero-order chi connectivity index (χ0) is 16.1. The van der Waals surface area contributed by atoms with Gasteiger partial charge in [0.1, 0.15) is 0 Å². The van der Waals surface area contributed by atoms with Gasteiger partial charge >= 0.3 is 0 Å². The van der Waals surface area contributed by atoms with E-state index >= 15 is 0 Å². The van der Waals surface area contributed by atoms with Crippen LogP contribution < -0.4 is 5.73 Å². The molecule has 0 aliphatic carbocycles. The minimum atomic E-state index is 0.578. The molecule has 0 atom stereocenters. The average molecular weight is 357 g/mol. The van der Waals surface area contributed by atoms with Crippen molar-refractivity contribution in [3.8, 4) is 0 Å². The van der Waals surface area contributed by atoms with E-state index in [0.717, 1.165) is 43.4 Å². The number of nitrogen functional groups attached to an aromatic ring is 1. The van der Waals surface area contributed by atoms with Crippen LogP contribution in [0.1, 0.15) is 36.0 Å². The van der Waals surface area contributed by atoms with Crippen molar-refractivity contribution in [3.63, 3.8) is 0 Å². The number of nitrogens with two attached hydrogens (primary N) is 1. The number of hydrogen-bond acceptors (Lipinski definition) is 1. The summed E-state index contributed by atoms with van der Waals surface area (Å²) in [6.07, 6.45) is 5.16. The van der Waals surface area contributed by atoms with E-state index in [1.54, 1.807) is 12.1 Å². The normalized spacial score (nSPS) is 10.9. The molecule has 0 saturated carbocycles. The van der Waals surface area contributed by atoms with Crippen LogP contribution in [0.15, 0.2) is 30.3 Å². The van der Waals surface area contributed by atoms with Gasteiger partial charge in [-0.05, 0) is 67.5 Å². The number of rotatable bonds is 6. The topological polar surface area (TPSA) is 26.0 Å². The van der Waals surface area contributed by atoms with Crippen molar-refractivity contribution in [3.05, 3.63) is 62.1 Å². The van der Waals surface area contributed by atoms with Crippen LogP contribution in [-0.4, -0.2) is 0 Å². The van der Waals surface area contributed by atoms with Crippen LogP contribution in [0.3, 0.4) is 0 Å². The van der Waals surface area contributed by atoms with Gasteiger partial charge in [0.25, 0.3) is 0 Å². The van der Waals surface area contributed by atoms with Crippen molar-refractivity contribution in [2.45, 2.75) is 39.0 Å². The van der Waals surface area contributed by atoms with E-state index in [0.29, 0.717) is 15.1 Å². The molecule has 0 unspecified atom stereocenters. The first-order chi connectivity index (χ1) is 10.5. The van der Waals surface area contributed by atoms with Crippen LogP contribution >= 0.6 is 34.8 Å². The third-order valence-electron chi connectivity index (χ3n) is 3.91.